The van der Waals surface area contributed by atoms with Gasteiger partial charge in [0.25, 0.3) is 0 Å². The van der Waals surface area contributed by atoms with E-state index in [1.807, 2.05) is 12.1 Å². The molecule has 5 nitrogen and oxygen atoms in total. The highest BCUT2D eigenvalue weighted by Crippen LogP contribution is 2.21. The van der Waals surface area contributed by atoms with Crippen LogP contribution in [0, 0.1) is 0 Å². The number of rotatable bonds is 5. The maximum Gasteiger partial charge on any atom is 0.416 e. The van der Waals surface area contributed by atoms with Crippen molar-refractivity contribution in [3.05, 3.63) is 23.9 Å². The number of carbonyl (C=O) groups is 1. The third-order valence-corrected chi connectivity index (χ3v) is 4.20. The second kappa shape index (κ2) is 6.89. The first-order chi connectivity index (χ1) is 9.66. The van der Waals surface area contributed by atoms with Crippen LogP contribution in [0.1, 0.15) is 33.4 Å². The lowest BCUT2D eigenvalue weighted by Gasteiger charge is -2.42. The average molecular weight is 294 g/mol. The van der Waals surface area contributed by atoms with E-state index in [0.29, 0.717) is 18.0 Å². The van der Waals surface area contributed by atoms with Gasteiger partial charge in [-0.15, -0.1) is 0 Å². The predicted molar refractivity (Wildman–Crippen MR) is 84.1 cm³/mol. The summed E-state index contributed by atoms with van der Waals surface area (Å²) in [6.45, 7) is 9.68. The fourth-order valence-corrected chi connectivity index (χ4v) is 2.09. The van der Waals surface area contributed by atoms with Gasteiger partial charge >= 0.3 is 6.09 Å². The molecule has 0 radical (unpaired) electrons. The Balaban J connectivity index is 2.92. The first-order valence-corrected chi connectivity index (χ1v) is 7.36. The third-order valence-electron chi connectivity index (χ3n) is 4.20. The van der Waals surface area contributed by atoms with Crippen LogP contribution >= 0.6 is 0 Å². The standard InChI is InChI=1S/C16H28N3O2/c1-12(2)19(7,13(3)4)11-14-9-8-10-15(17-14)21-16(20)18(5)6/h8-10,12-13H,11H2,1-7H3/q+1. The molecule has 0 spiro atoms. The molecule has 0 bridgehead atoms. The molecule has 1 heterocycles. The highest BCUT2D eigenvalue weighted by Gasteiger charge is 2.30. The maximum absolute atomic E-state index is 11.6. The maximum atomic E-state index is 11.6. The second-order valence-electron chi connectivity index (χ2n) is 6.42. The summed E-state index contributed by atoms with van der Waals surface area (Å²) in [5.41, 5.74) is 0.934. The van der Waals surface area contributed by atoms with Gasteiger partial charge in [-0.2, -0.15) is 0 Å². The van der Waals surface area contributed by atoms with Crippen LogP contribution in [0.15, 0.2) is 18.2 Å². The summed E-state index contributed by atoms with van der Waals surface area (Å²) in [7, 11) is 5.53. The first-order valence-electron chi connectivity index (χ1n) is 7.36. The molecule has 0 saturated heterocycles. The van der Waals surface area contributed by atoms with Crippen LogP contribution in [0.3, 0.4) is 0 Å². The number of amides is 1. The minimum absolute atomic E-state index is 0.352. The van der Waals surface area contributed by atoms with E-state index >= 15 is 0 Å². The number of carbonyl (C=O) groups excluding carboxylic acids is 1. The Bertz CT molecular complexity index is 476. The molecular formula is C16H28N3O2+. The van der Waals surface area contributed by atoms with Crippen molar-refractivity contribution < 1.29 is 14.0 Å². The van der Waals surface area contributed by atoms with Crippen molar-refractivity contribution in [2.45, 2.75) is 46.3 Å². The number of pyridine rings is 1. The summed E-state index contributed by atoms with van der Waals surface area (Å²) in [6, 6.07) is 6.54. The molecule has 5 heteroatoms. The molecule has 1 amide bonds. The van der Waals surface area contributed by atoms with Gasteiger partial charge in [-0.3, -0.25) is 0 Å². The molecule has 0 aliphatic rings. The fourth-order valence-electron chi connectivity index (χ4n) is 2.09. The molecule has 0 aliphatic carbocycles. The normalized spacial score (nSPS) is 11.9. The Morgan fingerprint density at radius 3 is 2.29 bits per heavy atom. The summed E-state index contributed by atoms with van der Waals surface area (Å²) in [4.78, 5) is 17.4. The summed E-state index contributed by atoms with van der Waals surface area (Å²) in [6.07, 6.45) is -0.412. The van der Waals surface area contributed by atoms with Gasteiger partial charge in [-0.05, 0) is 33.8 Å². The van der Waals surface area contributed by atoms with Gasteiger partial charge < -0.3 is 14.1 Å². The number of nitrogens with zero attached hydrogens (tertiary/aromatic N) is 3. The quantitative estimate of drug-likeness (QED) is 0.784. The predicted octanol–water partition coefficient (Wildman–Crippen LogP) is 2.91. The van der Waals surface area contributed by atoms with Crippen molar-refractivity contribution in [3.63, 3.8) is 0 Å². The van der Waals surface area contributed by atoms with E-state index < -0.39 is 6.09 Å². The molecule has 0 N–H and O–H groups in total. The third kappa shape index (κ3) is 4.43. The molecule has 0 atom stereocenters. The average Bonchev–Trinajstić information content (AvgIpc) is 2.38. The van der Waals surface area contributed by atoms with Crippen LogP contribution in [0.4, 0.5) is 4.79 Å². The SMILES string of the molecule is CC(C)[N+](C)(Cc1cccc(OC(=O)N(C)C)n1)C(C)C. The number of hydrogen-bond donors (Lipinski definition) is 0. The number of ether oxygens (including phenoxy) is 1. The Labute approximate surface area is 128 Å². The van der Waals surface area contributed by atoms with E-state index in [4.69, 9.17) is 4.74 Å². The molecule has 1 aromatic rings. The van der Waals surface area contributed by atoms with Gasteiger partial charge in [0.2, 0.25) is 5.88 Å². The zero-order valence-corrected chi connectivity index (χ0v) is 14.3. The molecule has 0 fully saturated rings. The zero-order chi connectivity index (χ0) is 16.2. The Morgan fingerprint density at radius 2 is 1.81 bits per heavy atom. The molecule has 0 aliphatic heterocycles. The van der Waals surface area contributed by atoms with E-state index in [-0.39, 0.29) is 0 Å². The van der Waals surface area contributed by atoms with Crippen molar-refractivity contribution in [2.75, 3.05) is 21.1 Å². The molecule has 0 unspecified atom stereocenters. The van der Waals surface area contributed by atoms with E-state index in [1.165, 1.54) is 4.90 Å². The van der Waals surface area contributed by atoms with Gasteiger partial charge in [-0.25, -0.2) is 9.78 Å². The zero-order valence-electron chi connectivity index (χ0n) is 14.3. The summed E-state index contributed by atoms with van der Waals surface area (Å²) >= 11 is 0. The highest BCUT2D eigenvalue weighted by molar-refractivity contribution is 5.69. The fraction of sp³-hybridized carbons (Fsp3) is 0.625. The Kier molecular flexibility index (Phi) is 5.72. The van der Waals surface area contributed by atoms with Crippen molar-refractivity contribution in [1.29, 1.82) is 0 Å². The molecule has 0 saturated carbocycles. The minimum Gasteiger partial charge on any atom is -0.391 e. The van der Waals surface area contributed by atoms with Gasteiger partial charge in [-0.1, -0.05) is 6.07 Å². The molecule has 0 aromatic carbocycles. The van der Waals surface area contributed by atoms with Crippen LogP contribution < -0.4 is 4.74 Å². The largest absolute Gasteiger partial charge is 0.416 e. The molecule has 21 heavy (non-hydrogen) atoms. The van der Waals surface area contributed by atoms with Crippen LogP contribution in [-0.4, -0.2) is 53.7 Å². The van der Waals surface area contributed by atoms with Crippen molar-refractivity contribution in [3.8, 4) is 5.88 Å². The molecule has 1 rings (SSSR count). The number of aromatic nitrogens is 1. The van der Waals surface area contributed by atoms with Gasteiger partial charge in [0, 0.05) is 20.2 Å². The topological polar surface area (TPSA) is 42.4 Å². The monoisotopic (exact) mass is 294 g/mol. The number of hydrogen-bond acceptors (Lipinski definition) is 3. The van der Waals surface area contributed by atoms with E-state index in [0.717, 1.165) is 16.7 Å². The van der Waals surface area contributed by atoms with Gasteiger partial charge in [0.05, 0.1) is 24.8 Å². The lowest BCUT2D eigenvalue weighted by atomic mass is 10.1. The van der Waals surface area contributed by atoms with Crippen LogP contribution in [-0.2, 0) is 6.54 Å². The summed E-state index contributed by atoms with van der Waals surface area (Å²) < 4.78 is 6.11. The smallest absolute Gasteiger partial charge is 0.391 e. The molecule has 118 valence electrons. The van der Waals surface area contributed by atoms with Crippen molar-refractivity contribution in [1.82, 2.24) is 9.88 Å². The molecular weight excluding hydrogens is 266 g/mol. The van der Waals surface area contributed by atoms with Crippen LogP contribution in [0.2, 0.25) is 0 Å². The first kappa shape index (κ1) is 17.4. The van der Waals surface area contributed by atoms with Crippen LogP contribution in [0.5, 0.6) is 5.88 Å². The summed E-state index contributed by atoms with van der Waals surface area (Å²) in [5, 5.41) is 0. The van der Waals surface area contributed by atoms with Gasteiger partial charge in [0.1, 0.15) is 6.54 Å². The van der Waals surface area contributed by atoms with Crippen molar-refractivity contribution in [2.24, 2.45) is 0 Å². The van der Waals surface area contributed by atoms with Crippen LogP contribution in [0.25, 0.3) is 0 Å². The highest BCUT2D eigenvalue weighted by atomic mass is 16.6. The minimum atomic E-state index is -0.412. The van der Waals surface area contributed by atoms with E-state index in [1.54, 1.807) is 20.2 Å². The van der Waals surface area contributed by atoms with E-state index in [2.05, 4.69) is 39.7 Å². The lowest BCUT2D eigenvalue weighted by Crippen LogP contribution is -2.53. The Morgan fingerprint density at radius 1 is 1.24 bits per heavy atom. The number of quaternary nitrogens is 1. The van der Waals surface area contributed by atoms with E-state index in [9.17, 15) is 4.79 Å². The molecule has 1 aromatic heterocycles. The van der Waals surface area contributed by atoms with Gasteiger partial charge in [0.15, 0.2) is 0 Å². The Hall–Kier alpha value is -1.62. The van der Waals surface area contributed by atoms with Crippen molar-refractivity contribution >= 4 is 6.09 Å². The lowest BCUT2D eigenvalue weighted by molar-refractivity contribution is -0.961. The summed E-state index contributed by atoms with van der Waals surface area (Å²) in [5.74, 6) is 0.352. The second-order valence-corrected chi connectivity index (χ2v) is 6.42.